The molecule has 2 rings (SSSR count). The number of ether oxygens (including phenoxy) is 1. The van der Waals surface area contributed by atoms with Crippen molar-refractivity contribution in [2.24, 2.45) is 10.4 Å². The summed E-state index contributed by atoms with van der Waals surface area (Å²) in [6.45, 7) is 6.95. The fourth-order valence-electron chi connectivity index (χ4n) is 1.64. The first-order valence-electron chi connectivity index (χ1n) is 5.43. The molecule has 3 heteroatoms. The molecule has 1 aromatic carbocycles. The Balaban J connectivity index is 2.20. The topological polar surface area (TPSA) is 21.6 Å². The molecule has 0 saturated carbocycles. The van der Waals surface area contributed by atoms with Gasteiger partial charge in [-0.1, -0.05) is 44.5 Å². The van der Waals surface area contributed by atoms with Gasteiger partial charge in [-0.3, -0.25) is 0 Å². The predicted molar refractivity (Wildman–Crippen MR) is 67.0 cm³/mol. The summed E-state index contributed by atoms with van der Waals surface area (Å²) in [7, 11) is 0. The molecule has 16 heavy (non-hydrogen) atoms. The van der Waals surface area contributed by atoms with Gasteiger partial charge >= 0.3 is 0 Å². The Morgan fingerprint density at radius 1 is 1.25 bits per heavy atom. The average molecular weight is 238 g/mol. The summed E-state index contributed by atoms with van der Waals surface area (Å²) in [6, 6.07) is 7.91. The lowest BCUT2D eigenvalue weighted by Gasteiger charge is -2.16. The molecule has 0 aliphatic carbocycles. The molecule has 0 radical (unpaired) electrons. The highest BCUT2D eigenvalue weighted by atomic mass is 35.5. The van der Waals surface area contributed by atoms with Crippen LogP contribution in [0.2, 0.25) is 5.02 Å². The van der Waals surface area contributed by atoms with Crippen LogP contribution in [0.3, 0.4) is 0 Å². The van der Waals surface area contributed by atoms with Gasteiger partial charge in [0.25, 0.3) is 0 Å². The van der Waals surface area contributed by atoms with Gasteiger partial charge in [-0.15, -0.1) is 0 Å². The first-order chi connectivity index (χ1) is 7.47. The fraction of sp³-hybridized carbons (Fsp3) is 0.462. The largest absolute Gasteiger partial charge is 0.478 e. The van der Waals surface area contributed by atoms with E-state index in [1.807, 2.05) is 24.3 Å². The molecule has 0 aromatic heterocycles. The minimum Gasteiger partial charge on any atom is -0.478 e. The van der Waals surface area contributed by atoms with Crippen molar-refractivity contribution < 1.29 is 4.74 Å². The zero-order valence-electron chi connectivity index (χ0n) is 9.83. The molecule has 0 N–H and O–H groups in total. The second-order valence-corrected chi connectivity index (χ2v) is 5.50. The van der Waals surface area contributed by atoms with E-state index in [1.165, 1.54) is 0 Å². The van der Waals surface area contributed by atoms with Crippen LogP contribution in [0.1, 0.15) is 32.4 Å². The number of aliphatic imine (C=N–C) groups is 1. The minimum absolute atomic E-state index is 0.0127. The number of halogens is 1. The van der Waals surface area contributed by atoms with Crippen molar-refractivity contribution in [2.45, 2.75) is 26.8 Å². The molecule has 1 aromatic rings. The Morgan fingerprint density at radius 3 is 2.38 bits per heavy atom. The Labute approximate surface area is 101 Å². The molecule has 0 spiro atoms. The van der Waals surface area contributed by atoms with E-state index in [-0.39, 0.29) is 11.5 Å². The maximum Gasteiger partial charge on any atom is 0.189 e. The van der Waals surface area contributed by atoms with Gasteiger partial charge in [-0.05, 0) is 17.7 Å². The maximum atomic E-state index is 5.85. The van der Waals surface area contributed by atoms with Gasteiger partial charge in [-0.25, -0.2) is 4.99 Å². The summed E-state index contributed by atoms with van der Waals surface area (Å²) in [6.07, 6.45) is 0. The lowest BCUT2D eigenvalue weighted by molar-refractivity contribution is 0.283. The molecule has 0 amide bonds. The Hall–Kier alpha value is -1.02. The Bertz CT molecular complexity index is 403. The summed E-state index contributed by atoms with van der Waals surface area (Å²) in [5.74, 6) is 0.840. The maximum absolute atomic E-state index is 5.85. The van der Waals surface area contributed by atoms with E-state index in [9.17, 15) is 0 Å². The van der Waals surface area contributed by atoms with Crippen LogP contribution in [0.25, 0.3) is 0 Å². The van der Waals surface area contributed by atoms with Crippen LogP contribution in [0, 0.1) is 5.41 Å². The first kappa shape index (κ1) is 11.5. The molecule has 1 atom stereocenters. The molecule has 0 bridgehead atoms. The molecule has 0 fully saturated rings. The van der Waals surface area contributed by atoms with Crippen LogP contribution in [-0.4, -0.2) is 12.5 Å². The SMILES string of the molecule is CC(C)(C)C1=NC(c2ccc(Cl)cc2)CO1. The number of benzene rings is 1. The van der Waals surface area contributed by atoms with E-state index in [0.717, 1.165) is 16.5 Å². The smallest absolute Gasteiger partial charge is 0.189 e. The Kier molecular flexibility index (Phi) is 2.94. The predicted octanol–water partition coefficient (Wildman–Crippen LogP) is 3.86. The van der Waals surface area contributed by atoms with Crippen molar-refractivity contribution in [3.05, 3.63) is 34.9 Å². The zero-order chi connectivity index (χ0) is 11.8. The van der Waals surface area contributed by atoms with Gasteiger partial charge in [0.05, 0.1) is 0 Å². The molecule has 2 nitrogen and oxygen atoms in total. The third-order valence-corrected chi connectivity index (χ3v) is 2.80. The lowest BCUT2D eigenvalue weighted by atomic mass is 9.97. The summed E-state index contributed by atoms with van der Waals surface area (Å²) in [5.41, 5.74) is 1.14. The van der Waals surface area contributed by atoms with Crippen molar-refractivity contribution in [3.63, 3.8) is 0 Å². The quantitative estimate of drug-likeness (QED) is 0.727. The van der Waals surface area contributed by atoms with Crippen molar-refractivity contribution in [2.75, 3.05) is 6.61 Å². The number of rotatable bonds is 1. The van der Waals surface area contributed by atoms with Gasteiger partial charge < -0.3 is 4.74 Å². The van der Waals surface area contributed by atoms with E-state index in [0.29, 0.717) is 6.61 Å². The summed E-state index contributed by atoms with van der Waals surface area (Å²) >= 11 is 5.85. The van der Waals surface area contributed by atoms with Gasteiger partial charge in [0.2, 0.25) is 0 Å². The molecule has 1 heterocycles. The standard InChI is InChI=1S/C13H16ClNO/c1-13(2,3)12-15-11(8-16-12)9-4-6-10(14)7-5-9/h4-7,11H,8H2,1-3H3. The molecular formula is C13H16ClNO. The third-order valence-electron chi connectivity index (χ3n) is 2.55. The molecule has 0 saturated heterocycles. The highest BCUT2D eigenvalue weighted by molar-refractivity contribution is 6.30. The first-order valence-corrected chi connectivity index (χ1v) is 5.81. The van der Waals surface area contributed by atoms with Crippen LogP contribution < -0.4 is 0 Å². The fourth-order valence-corrected chi connectivity index (χ4v) is 1.77. The van der Waals surface area contributed by atoms with Gasteiger partial charge in [0.1, 0.15) is 12.6 Å². The lowest BCUT2D eigenvalue weighted by Crippen LogP contribution is -2.20. The van der Waals surface area contributed by atoms with E-state index < -0.39 is 0 Å². The van der Waals surface area contributed by atoms with E-state index in [1.54, 1.807) is 0 Å². The van der Waals surface area contributed by atoms with Gasteiger partial charge in [0, 0.05) is 10.4 Å². The summed E-state index contributed by atoms with van der Waals surface area (Å²) in [4.78, 5) is 4.61. The average Bonchev–Trinajstić information content (AvgIpc) is 2.67. The van der Waals surface area contributed by atoms with Crippen LogP contribution in [0.15, 0.2) is 29.3 Å². The van der Waals surface area contributed by atoms with Gasteiger partial charge in [0.15, 0.2) is 5.90 Å². The molecule has 86 valence electrons. The van der Waals surface area contributed by atoms with Crippen LogP contribution in [-0.2, 0) is 4.74 Å². The minimum atomic E-state index is -0.0127. The van der Waals surface area contributed by atoms with E-state index >= 15 is 0 Å². The molecule has 1 aliphatic heterocycles. The Morgan fingerprint density at radius 2 is 1.88 bits per heavy atom. The van der Waals surface area contributed by atoms with Gasteiger partial charge in [-0.2, -0.15) is 0 Å². The van der Waals surface area contributed by atoms with Crippen LogP contribution in [0.4, 0.5) is 0 Å². The van der Waals surface area contributed by atoms with E-state index in [4.69, 9.17) is 16.3 Å². The van der Waals surface area contributed by atoms with Crippen LogP contribution >= 0.6 is 11.6 Å². The third kappa shape index (κ3) is 2.38. The summed E-state index contributed by atoms with van der Waals surface area (Å²) in [5, 5.41) is 0.752. The number of hydrogen-bond acceptors (Lipinski definition) is 2. The normalized spacial score (nSPS) is 20.5. The molecular weight excluding hydrogens is 222 g/mol. The monoisotopic (exact) mass is 237 g/mol. The summed E-state index contributed by atoms with van der Waals surface area (Å²) < 4.78 is 5.63. The molecule has 1 unspecified atom stereocenters. The second kappa shape index (κ2) is 4.10. The second-order valence-electron chi connectivity index (χ2n) is 5.06. The zero-order valence-corrected chi connectivity index (χ0v) is 10.6. The number of hydrogen-bond donors (Lipinski definition) is 0. The van der Waals surface area contributed by atoms with Crippen LogP contribution in [0.5, 0.6) is 0 Å². The van der Waals surface area contributed by atoms with Crippen molar-refractivity contribution in [1.82, 2.24) is 0 Å². The van der Waals surface area contributed by atoms with E-state index in [2.05, 4.69) is 25.8 Å². The van der Waals surface area contributed by atoms with Crippen molar-refractivity contribution in [3.8, 4) is 0 Å². The molecule has 1 aliphatic rings. The van der Waals surface area contributed by atoms with Crippen molar-refractivity contribution >= 4 is 17.5 Å². The highest BCUT2D eigenvalue weighted by Gasteiger charge is 2.28. The van der Waals surface area contributed by atoms with Crippen molar-refractivity contribution in [1.29, 1.82) is 0 Å². The highest BCUT2D eigenvalue weighted by Crippen LogP contribution is 2.29. The number of nitrogens with zero attached hydrogens (tertiary/aromatic N) is 1.